The molecule has 2 unspecified atom stereocenters. The third-order valence-electron chi connectivity index (χ3n) is 4.56. The largest absolute Gasteiger partial charge is 0.381 e. The Morgan fingerprint density at radius 2 is 1.89 bits per heavy atom. The highest BCUT2D eigenvalue weighted by Crippen LogP contribution is 2.18. The van der Waals surface area contributed by atoms with Gasteiger partial charge in [-0.15, -0.1) is 0 Å². The minimum Gasteiger partial charge on any atom is -0.381 e. The first-order valence-electron chi connectivity index (χ1n) is 8.09. The summed E-state index contributed by atoms with van der Waals surface area (Å²) in [5.41, 5.74) is 0. The van der Waals surface area contributed by atoms with Crippen molar-refractivity contribution in [3.63, 3.8) is 0 Å². The van der Waals surface area contributed by atoms with Crippen LogP contribution in [0.2, 0.25) is 0 Å². The fourth-order valence-electron chi connectivity index (χ4n) is 3.15. The molecule has 2 aliphatic rings. The molecule has 2 saturated heterocycles. The van der Waals surface area contributed by atoms with Gasteiger partial charge in [-0.25, -0.2) is 0 Å². The molecule has 1 N–H and O–H groups in total. The summed E-state index contributed by atoms with van der Waals surface area (Å²) in [4.78, 5) is 5.18. The first-order valence-corrected chi connectivity index (χ1v) is 8.09. The van der Waals surface area contributed by atoms with Crippen molar-refractivity contribution in [2.75, 3.05) is 59.0 Å². The van der Waals surface area contributed by atoms with Gasteiger partial charge in [0.25, 0.3) is 0 Å². The van der Waals surface area contributed by atoms with Crippen molar-refractivity contribution in [3.05, 3.63) is 0 Å². The van der Waals surface area contributed by atoms with E-state index in [-0.39, 0.29) is 0 Å². The van der Waals surface area contributed by atoms with E-state index >= 15 is 0 Å². The summed E-state index contributed by atoms with van der Waals surface area (Å²) in [6.45, 7) is 14.9. The van der Waals surface area contributed by atoms with Gasteiger partial charge in [-0.1, -0.05) is 13.8 Å². The van der Waals surface area contributed by atoms with Crippen molar-refractivity contribution in [1.82, 2.24) is 15.1 Å². The van der Waals surface area contributed by atoms with Gasteiger partial charge >= 0.3 is 0 Å². The SMILES string of the molecule is CCCNC(CN1CCN(CC)CC1)C1CCOC1. The highest BCUT2D eigenvalue weighted by molar-refractivity contribution is 4.84. The van der Waals surface area contributed by atoms with E-state index in [4.69, 9.17) is 4.74 Å². The number of likely N-dealkylation sites (N-methyl/N-ethyl adjacent to an activating group) is 1. The summed E-state index contributed by atoms with van der Waals surface area (Å²) in [7, 11) is 0. The van der Waals surface area contributed by atoms with Gasteiger partial charge < -0.3 is 15.0 Å². The smallest absolute Gasteiger partial charge is 0.0510 e. The summed E-state index contributed by atoms with van der Waals surface area (Å²) in [6, 6.07) is 0.621. The molecule has 2 heterocycles. The van der Waals surface area contributed by atoms with Crippen LogP contribution < -0.4 is 5.32 Å². The first kappa shape index (κ1) is 15.2. The number of ether oxygens (including phenoxy) is 1. The molecule has 4 heteroatoms. The van der Waals surface area contributed by atoms with Crippen LogP contribution in [0.1, 0.15) is 26.7 Å². The Hall–Kier alpha value is -0.160. The summed E-state index contributed by atoms with van der Waals surface area (Å²) < 4.78 is 5.57. The summed E-state index contributed by atoms with van der Waals surface area (Å²) in [6.07, 6.45) is 2.45. The monoisotopic (exact) mass is 269 g/mol. The lowest BCUT2D eigenvalue weighted by Crippen LogP contribution is -2.52. The van der Waals surface area contributed by atoms with Crippen molar-refractivity contribution >= 4 is 0 Å². The van der Waals surface area contributed by atoms with Gasteiger partial charge in [-0.3, -0.25) is 4.90 Å². The molecule has 2 rings (SSSR count). The number of hydrogen-bond acceptors (Lipinski definition) is 4. The standard InChI is InChI=1S/C15H31N3O/c1-3-6-16-15(14-5-11-19-13-14)12-18-9-7-17(4-2)8-10-18/h14-16H,3-13H2,1-2H3. The van der Waals surface area contributed by atoms with Crippen LogP contribution >= 0.6 is 0 Å². The molecule has 0 aromatic heterocycles. The Morgan fingerprint density at radius 1 is 1.16 bits per heavy atom. The van der Waals surface area contributed by atoms with Crippen LogP contribution in [0.15, 0.2) is 0 Å². The van der Waals surface area contributed by atoms with E-state index in [0.717, 1.165) is 25.7 Å². The van der Waals surface area contributed by atoms with Crippen molar-refractivity contribution in [2.45, 2.75) is 32.7 Å². The molecule has 112 valence electrons. The average molecular weight is 269 g/mol. The number of nitrogens with zero attached hydrogens (tertiary/aromatic N) is 2. The minimum absolute atomic E-state index is 0.621. The van der Waals surface area contributed by atoms with E-state index in [0.29, 0.717) is 6.04 Å². The van der Waals surface area contributed by atoms with Crippen LogP contribution in [-0.4, -0.2) is 74.9 Å². The van der Waals surface area contributed by atoms with E-state index in [1.165, 1.54) is 52.1 Å². The van der Waals surface area contributed by atoms with Gasteiger partial charge in [-0.2, -0.15) is 0 Å². The molecule has 0 saturated carbocycles. The normalized spacial score (nSPS) is 27.8. The van der Waals surface area contributed by atoms with E-state index < -0.39 is 0 Å². The molecule has 2 atom stereocenters. The van der Waals surface area contributed by atoms with Gasteiger partial charge in [0.05, 0.1) is 6.61 Å². The lowest BCUT2D eigenvalue weighted by Gasteiger charge is -2.37. The maximum absolute atomic E-state index is 5.57. The molecule has 0 radical (unpaired) electrons. The second kappa shape index (κ2) is 8.20. The Bertz CT molecular complexity index is 236. The zero-order valence-corrected chi connectivity index (χ0v) is 12.7. The van der Waals surface area contributed by atoms with E-state index in [1.54, 1.807) is 0 Å². The van der Waals surface area contributed by atoms with Crippen LogP contribution in [0.25, 0.3) is 0 Å². The van der Waals surface area contributed by atoms with Gasteiger partial charge in [0.1, 0.15) is 0 Å². The molecule has 19 heavy (non-hydrogen) atoms. The zero-order valence-electron chi connectivity index (χ0n) is 12.7. The Morgan fingerprint density at radius 3 is 2.47 bits per heavy atom. The molecular weight excluding hydrogens is 238 g/mol. The predicted octanol–water partition coefficient (Wildman–Crippen LogP) is 1.03. The molecule has 2 aliphatic heterocycles. The maximum Gasteiger partial charge on any atom is 0.0510 e. The van der Waals surface area contributed by atoms with Crippen molar-refractivity contribution in [3.8, 4) is 0 Å². The topological polar surface area (TPSA) is 27.7 Å². The van der Waals surface area contributed by atoms with Crippen LogP contribution in [0.3, 0.4) is 0 Å². The van der Waals surface area contributed by atoms with E-state index in [9.17, 15) is 0 Å². The highest BCUT2D eigenvalue weighted by Gasteiger charge is 2.28. The fourth-order valence-corrected chi connectivity index (χ4v) is 3.15. The molecule has 0 bridgehead atoms. The van der Waals surface area contributed by atoms with Crippen LogP contribution in [0.4, 0.5) is 0 Å². The molecule has 0 aromatic rings. The maximum atomic E-state index is 5.57. The molecule has 4 nitrogen and oxygen atoms in total. The molecule has 0 aliphatic carbocycles. The summed E-state index contributed by atoms with van der Waals surface area (Å²) >= 11 is 0. The fraction of sp³-hybridized carbons (Fsp3) is 1.00. The quantitative estimate of drug-likeness (QED) is 0.747. The molecule has 0 aromatic carbocycles. The average Bonchev–Trinajstić information content (AvgIpc) is 2.98. The third-order valence-corrected chi connectivity index (χ3v) is 4.56. The van der Waals surface area contributed by atoms with Gasteiger partial charge in [0.2, 0.25) is 0 Å². The van der Waals surface area contributed by atoms with Crippen LogP contribution in [-0.2, 0) is 4.74 Å². The van der Waals surface area contributed by atoms with E-state index in [1.807, 2.05) is 0 Å². The second-order valence-corrected chi connectivity index (χ2v) is 5.92. The number of nitrogens with one attached hydrogen (secondary N) is 1. The van der Waals surface area contributed by atoms with Gasteiger partial charge in [0, 0.05) is 51.3 Å². The van der Waals surface area contributed by atoms with Gasteiger partial charge in [0.15, 0.2) is 0 Å². The van der Waals surface area contributed by atoms with Crippen LogP contribution in [0.5, 0.6) is 0 Å². The molecule has 2 fully saturated rings. The Labute approximate surface area is 118 Å². The lowest BCUT2D eigenvalue weighted by molar-refractivity contribution is 0.112. The first-order chi connectivity index (χ1) is 9.33. The second-order valence-electron chi connectivity index (χ2n) is 5.92. The van der Waals surface area contributed by atoms with Crippen LogP contribution in [0, 0.1) is 5.92 Å². The summed E-state index contributed by atoms with van der Waals surface area (Å²) in [5.74, 6) is 0.718. The highest BCUT2D eigenvalue weighted by atomic mass is 16.5. The number of piperazine rings is 1. The van der Waals surface area contributed by atoms with E-state index in [2.05, 4.69) is 29.0 Å². The predicted molar refractivity (Wildman–Crippen MR) is 79.6 cm³/mol. The Balaban J connectivity index is 1.78. The third kappa shape index (κ3) is 4.71. The number of hydrogen-bond donors (Lipinski definition) is 1. The van der Waals surface area contributed by atoms with Crippen molar-refractivity contribution in [1.29, 1.82) is 0 Å². The Kier molecular flexibility index (Phi) is 6.57. The molecule has 0 amide bonds. The molecular formula is C15H31N3O. The molecule has 0 spiro atoms. The lowest BCUT2D eigenvalue weighted by atomic mass is 9.98. The zero-order chi connectivity index (χ0) is 13.5. The summed E-state index contributed by atoms with van der Waals surface area (Å²) in [5, 5.41) is 3.75. The van der Waals surface area contributed by atoms with Crippen molar-refractivity contribution in [2.24, 2.45) is 5.92 Å². The number of rotatable bonds is 7. The van der Waals surface area contributed by atoms with Gasteiger partial charge in [-0.05, 0) is 25.9 Å². The van der Waals surface area contributed by atoms with Crippen molar-refractivity contribution < 1.29 is 4.74 Å². The minimum atomic E-state index is 0.621.